The lowest BCUT2D eigenvalue weighted by atomic mass is 10.0. The van der Waals surface area contributed by atoms with Gasteiger partial charge in [-0.05, 0) is 60.7 Å². The summed E-state index contributed by atoms with van der Waals surface area (Å²) in [7, 11) is -3.80. The van der Waals surface area contributed by atoms with E-state index in [0.717, 1.165) is 67.6 Å². The normalized spacial score (nSPS) is 18.6. The van der Waals surface area contributed by atoms with Crippen LogP contribution in [0.5, 0.6) is 5.75 Å². The summed E-state index contributed by atoms with van der Waals surface area (Å²) in [5.41, 5.74) is -0.963. The van der Waals surface area contributed by atoms with Crippen LogP contribution >= 0.6 is 0 Å². The Morgan fingerprint density at radius 2 is 1.68 bits per heavy atom. The lowest BCUT2D eigenvalue weighted by Gasteiger charge is -2.31. The topological polar surface area (TPSA) is 113 Å². The minimum Gasteiger partial charge on any atom is -0.431 e. The van der Waals surface area contributed by atoms with E-state index in [1.165, 1.54) is 5.32 Å². The Kier molecular flexibility index (Phi) is 7.72. The number of amides is 1. The number of rotatable bonds is 13. The van der Waals surface area contributed by atoms with Crippen molar-refractivity contribution in [2.75, 3.05) is 11.5 Å². The minimum absolute atomic E-state index is 0.0165. The van der Waals surface area contributed by atoms with Crippen LogP contribution in [0.25, 0.3) is 0 Å². The van der Waals surface area contributed by atoms with Gasteiger partial charge in [0.25, 0.3) is 0 Å². The van der Waals surface area contributed by atoms with Crippen LogP contribution in [0.4, 0.5) is 17.6 Å². The zero-order valence-electron chi connectivity index (χ0n) is 19.8. The molecule has 0 bridgehead atoms. The van der Waals surface area contributed by atoms with E-state index in [9.17, 15) is 22.0 Å². The van der Waals surface area contributed by atoms with Crippen molar-refractivity contribution >= 4 is 22.0 Å². The van der Waals surface area contributed by atoms with Gasteiger partial charge in [0, 0.05) is 12.8 Å². The van der Waals surface area contributed by atoms with Crippen LogP contribution in [-0.2, 0) is 14.6 Å². The molecule has 0 spiro atoms. The van der Waals surface area contributed by atoms with Crippen molar-refractivity contribution in [3.8, 4) is 5.75 Å². The molecule has 37 heavy (non-hydrogen) atoms. The molecule has 7 nitrogen and oxygen atoms in total. The van der Waals surface area contributed by atoms with Gasteiger partial charge in [-0.25, -0.2) is 22.0 Å². The van der Waals surface area contributed by atoms with Crippen molar-refractivity contribution in [3.05, 3.63) is 65.7 Å². The fourth-order valence-corrected chi connectivity index (χ4v) is 5.95. The first-order chi connectivity index (χ1) is 17.4. The number of ether oxygens (including phenoxy) is 1. The summed E-state index contributed by atoms with van der Waals surface area (Å²) in [6.07, 6.45) is -0.437. The number of carbonyl (C=O) groups excluding carboxylic acids is 1. The van der Waals surface area contributed by atoms with Gasteiger partial charge in [-0.1, -0.05) is 12.1 Å². The molecule has 2 saturated carbocycles. The molecule has 200 valence electrons. The van der Waals surface area contributed by atoms with E-state index >= 15 is 8.78 Å². The lowest BCUT2D eigenvalue weighted by Crippen LogP contribution is -2.98. The van der Waals surface area contributed by atoms with E-state index in [1.54, 1.807) is 0 Å². The number of carbonyl (C=O) groups is 1. The number of halogens is 4. The number of quaternary nitrogens is 1. The van der Waals surface area contributed by atoms with Crippen LogP contribution in [0.15, 0.2) is 48.5 Å². The molecule has 2 fully saturated rings. The van der Waals surface area contributed by atoms with Crippen molar-refractivity contribution in [2.24, 2.45) is 5.92 Å². The zero-order valence-corrected chi connectivity index (χ0v) is 20.6. The SMILES string of the molecule is N=CC1([NH2+]C(=O)[C@H](CS(=O)(=O)CC2CC2)N[C@@H](c2ccc(F)cc2)C(F)(F)Oc2ccc(F)cc2)CC1. The molecule has 0 heterocycles. The third kappa shape index (κ3) is 7.36. The second kappa shape index (κ2) is 10.5. The van der Waals surface area contributed by atoms with Gasteiger partial charge in [0.15, 0.2) is 9.84 Å². The standard InChI is InChI=1S/C25H27F4N3O4S/c26-18-5-3-17(4-6-18)22(25(28,29)36-20-9-7-19(27)8-10-20)31-21(14-37(34,35)13-16-1-2-16)23(33)32-24(15-30)11-12-24/h3-10,15-16,21-22,30-31H,1-2,11-14H2,(H,32,33)/p+1/t21-,22-/m0/s1. The van der Waals surface area contributed by atoms with Crippen molar-refractivity contribution in [3.63, 3.8) is 0 Å². The molecule has 1 amide bonds. The highest BCUT2D eigenvalue weighted by Gasteiger charge is 2.51. The molecule has 4 N–H and O–H groups in total. The minimum atomic E-state index is -4.06. The fraction of sp³-hybridized carbons (Fsp3) is 0.440. The highest BCUT2D eigenvalue weighted by molar-refractivity contribution is 7.91. The molecule has 0 aliphatic heterocycles. The predicted octanol–water partition coefficient (Wildman–Crippen LogP) is 2.73. The Hall–Kier alpha value is -2.83. The first kappa shape index (κ1) is 27.2. The number of hydrogen-bond acceptors (Lipinski definition) is 6. The Morgan fingerprint density at radius 3 is 2.19 bits per heavy atom. The number of sulfone groups is 1. The molecule has 0 unspecified atom stereocenters. The molecule has 0 radical (unpaired) electrons. The van der Waals surface area contributed by atoms with Crippen molar-refractivity contribution in [1.29, 1.82) is 5.41 Å². The summed E-state index contributed by atoms with van der Waals surface area (Å²) >= 11 is 0. The number of hydrogen-bond donors (Lipinski definition) is 3. The molecule has 0 aromatic heterocycles. The highest BCUT2D eigenvalue weighted by atomic mass is 32.2. The highest BCUT2D eigenvalue weighted by Crippen LogP contribution is 2.35. The lowest BCUT2D eigenvalue weighted by molar-refractivity contribution is -0.602. The smallest absolute Gasteiger partial charge is 0.417 e. The molecule has 2 aliphatic rings. The van der Waals surface area contributed by atoms with Crippen LogP contribution in [0, 0.1) is 23.0 Å². The monoisotopic (exact) mass is 542 g/mol. The summed E-state index contributed by atoms with van der Waals surface area (Å²) in [5, 5.41) is 11.3. The van der Waals surface area contributed by atoms with E-state index in [1.807, 2.05) is 0 Å². The molecule has 2 atom stereocenters. The maximum Gasteiger partial charge on any atom is 0.417 e. The van der Waals surface area contributed by atoms with E-state index in [-0.39, 0.29) is 23.0 Å². The van der Waals surface area contributed by atoms with Crippen molar-refractivity contribution < 1.29 is 40.8 Å². The van der Waals surface area contributed by atoms with Crippen LogP contribution in [0.1, 0.15) is 37.3 Å². The van der Waals surface area contributed by atoms with Gasteiger partial charge in [-0.3, -0.25) is 10.6 Å². The van der Waals surface area contributed by atoms with Crippen molar-refractivity contribution in [1.82, 2.24) is 5.32 Å². The summed E-state index contributed by atoms with van der Waals surface area (Å²) in [6, 6.07) is 4.32. The second-order valence-corrected chi connectivity index (χ2v) is 11.9. The number of benzene rings is 2. The summed E-state index contributed by atoms with van der Waals surface area (Å²) in [6.45, 7) is 0. The van der Waals surface area contributed by atoms with E-state index in [0.29, 0.717) is 12.8 Å². The zero-order chi connectivity index (χ0) is 26.8. The molecule has 12 heteroatoms. The quantitative estimate of drug-likeness (QED) is 0.266. The van der Waals surface area contributed by atoms with Gasteiger partial charge in [0.2, 0.25) is 0 Å². The van der Waals surface area contributed by atoms with Gasteiger partial charge in [0.05, 0.1) is 17.7 Å². The summed E-state index contributed by atoms with van der Waals surface area (Å²) in [4.78, 5) is 13.2. The van der Waals surface area contributed by atoms with E-state index in [4.69, 9.17) is 10.1 Å². The second-order valence-electron chi connectivity index (χ2n) is 9.77. The molecule has 0 saturated heterocycles. The fourth-order valence-electron chi connectivity index (χ4n) is 4.00. The first-order valence-corrected chi connectivity index (χ1v) is 13.7. The molecule has 2 aromatic carbocycles. The Labute approximate surface area is 212 Å². The van der Waals surface area contributed by atoms with Gasteiger partial charge in [-0.15, -0.1) is 0 Å². The van der Waals surface area contributed by atoms with Gasteiger partial charge >= 0.3 is 12.0 Å². The maximum absolute atomic E-state index is 15.6. The van der Waals surface area contributed by atoms with Crippen LogP contribution < -0.4 is 15.4 Å². The Balaban J connectivity index is 1.65. The molecule has 2 aromatic rings. The largest absolute Gasteiger partial charge is 0.431 e. The summed E-state index contributed by atoms with van der Waals surface area (Å²) in [5.74, 6) is -3.33. The average Bonchev–Trinajstić information content (AvgIpc) is 3.76. The van der Waals surface area contributed by atoms with Crippen molar-refractivity contribution in [2.45, 2.75) is 49.4 Å². The molecule has 2 aliphatic carbocycles. The number of alkyl halides is 2. The van der Waals surface area contributed by atoms with Crippen LogP contribution in [0.2, 0.25) is 0 Å². The Morgan fingerprint density at radius 1 is 1.11 bits per heavy atom. The third-order valence-electron chi connectivity index (χ3n) is 6.47. The third-order valence-corrected chi connectivity index (χ3v) is 8.29. The molecular weight excluding hydrogens is 514 g/mol. The predicted molar refractivity (Wildman–Crippen MR) is 127 cm³/mol. The molecular formula is C25H28F4N3O4S+. The van der Waals surface area contributed by atoms with Crippen LogP contribution in [-0.4, -0.2) is 49.7 Å². The van der Waals surface area contributed by atoms with E-state index in [2.05, 4.69) is 5.32 Å². The maximum atomic E-state index is 15.6. The number of nitrogens with two attached hydrogens (primary N) is 1. The van der Waals surface area contributed by atoms with Gasteiger partial charge < -0.3 is 10.1 Å². The van der Waals surface area contributed by atoms with Crippen LogP contribution in [0.3, 0.4) is 0 Å². The average molecular weight is 543 g/mol. The number of nitrogens with one attached hydrogen (secondary N) is 2. The number of primary amides is 1. The van der Waals surface area contributed by atoms with Gasteiger partial charge in [-0.2, -0.15) is 8.78 Å². The Bertz CT molecular complexity index is 1230. The first-order valence-electron chi connectivity index (χ1n) is 11.9. The van der Waals surface area contributed by atoms with E-state index < -0.39 is 56.9 Å². The molecule has 4 rings (SSSR count). The summed E-state index contributed by atoms with van der Waals surface area (Å²) < 4.78 is 88.5. The van der Waals surface area contributed by atoms with Gasteiger partial charge in [0.1, 0.15) is 35.0 Å².